The van der Waals surface area contributed by atoms with Crippen molar-refractivity contribution >= 4 is 5.91 Å². The number of rotatable bonds is 4. The van der Waals surface area contributed by atoms with Crippen LogP contribution in [0.1, 0.15) is 37.8 Å². The molecule has 2 N–H and O–H groups in total. The lowest BCUT2D eigenvalue weighted by atomic mass is 9.81. The molecule has 1 aromatic rings. The average molecular weight is 269 g/mol. The van der Waals surface area contributed by atoms with E-state index in [1.165, 1.54) is 22.3 Å². The normalized spacial score (nSPS) is 18.9. The van der Waals surface area contributed by atoms with Gasteiger partial charge in [0.05, 0.1) is 0 Å². The Labute approximate surface area is 121 Å². The van der Waals surface area contributed by atoms with Crippen molar-refractivity contribution in [3.8, 4) is 0 Å². The molecule has 2 nitrogen and oxygen atoms in total. The second-order valence-electron chi connectivity index (χ2n) is 5.72. The van der Waals surface area contributed by atoms with Crippen LogP contribution >= 0.6 is 0 Å². The number of primary amides is 1. The van der Waals surface area contributed by atoms with Gasteiger partial charge in [0, 0.05) is 5.57 Å². The SMILES string of the molecule is CCC1=C(C(N)=O)C=C(Cc2ccc(C)cc2)C(C)C1. The zero-order valence-electron chi connectivity index (χ0n) is 12.6. The number of hydrogen-bond acceptors (Lipinski definition) is 1. The molecule has 1 aromatic carbocycles. The van der Waals surface area contributed by atoms with Crippen LogP contribution in [0.25, 0.3) is 0 Å². The Hall–Kier alpha value is -1.83. The molecule has 2 heteroatoms. The molecule has 0 saturated heterocycles. The summed E-state index contributed by atoms with van der Waals surface area (Å²) >= 11 is 0. The van der Waals surface area contributed by atoms with Gasteiger partial charge in [0.2, 0.25) is 5.91 Å². The van der Waals surface area contributed by atoms with E-state index in [0.717, 1.165) is 24.8 Å². The number of carbonyl (C=O) groups excluding carboxylic acids is 1. The predicted molar refractivity (Wildman–Crippen MR) is 83.3 cm³/mol. The fraction of sp³-hybridized carbons (Fsp3) is 0.389. The van der Waals surface area contributed by atoms with E-state index in [9.17, 15) is 4.79 Å². The summed E-state index contributed by atoms with van der Waals surface area (Å²) in [6.45, 7) is 6.41. The summed E-state index contributed by atoms with van der Waals surface area (Å²) in [4.78, 5) is 11.6. The largest absolute Gasteiger partial charge is 0.366 e. The highest BCUT2D eigenvalue weighted by Crippen LogP contribution is 2.32. The summed E-state index contributed by atoms with van der Waals surface area (Å²) in [5, 5.41) is 0. The lowest BCUT2D eigenvalue weighted by Gasteiger charge is -2.24. The molecule has 0 bridgehead atoms. The van der Waals surface area contributed by atoms with Gasteiger partial charge in [-0.25, -0.2) is 0 Å². The Morgan fingerprint density at radius 3 is 2.50 bits per heavy atom. The van der Waals surface area contributed by atoms with Gasteiger partial charge in [0.15, 0.2) is 0 Å². The topological polar surface area (TPSA) is 43.1 Å². The number of amides is 1. The maximum atomic E-state index is 11.6. The second kappa shape index (κ2) is 6.08. The Morgan fingerprint density at radius 2 is 1.95 bits per heavy atom. The molecule has 0 aliphatic heterocycles. The summed E-state index contributed by atoms with van der Waals surface area (Å²) in [6, 6.07) is 8.58. The molecule has 1 aliphatic rings. The van der Waals surface area contributed by atoms with Crippen LogP contribution in [0, 0.1) is 12.8 Å². The van der Waals surface area contributed by atoms with Crippen LogP contribution < -0.4 is 5.73 Å². The van der Waals surface area contributed by atoms with Crippen molar-refractivity contribution in [2.45, 2.75) is 40.0 Å². The molecular weight excluding hydrogens is 246 g/mol. The highest BCUT2D eigenvalue weighted by molar-refractivity contribution is 5.96. The van der Waals surface area contributed by atoms with E-state index in [4.69, 9.17) is 5.73 Å². The maximum Gasteiger partial charge on any atom is 0.248 e. The fourth-order valence-electron chi connectivity index (χ4n) is 2.79. The van der Waals surface area contributed by atoms with Crippen LogP contribution in [0.5, 0.6) is 0 Å². The van der Waals surface area contributed by atoms with Crippen molar-refractivity contribution in [2.24, 2.45) is 11.7 Å². The van der Waals surface area contributed by atoms with Crippen LogP contribution in [-0.2, 0) is 11.2 Å². The van der Waals surface area contributed by atoms with Crippen molar-refractivity contribution in [2.75, 3.05) is 0 Å². The van der Waals surface area contributed by atoms with E-state index in [2.05, 4.69) is 45.0 Å². The Bertz CT molecular complexity index is 564. The van der Waals surface area contributed by atoms with Crippen molar-refractivity contribution in [1.82, 2.24) is 0 Å². The minimum Gasteiger partial charge on any atom is -0.366 e. The molecule has 1 amide bonds. The van der Waals surface area contributed by atoms with E-state index in [0.29, 0.717) is 5.92 Å². The first-order valence-corrected chi connectivity index (χ1v) is 7.29. The lowest BCUT2D eigenvalue weighted by Crippen LogP contribution is -2.20. The molecule has 0 fully saturated rings. The van der Waals surface area contributed by atoms with Gasteiger partial charge in [-0.1, -0.05) is 54.8 Å². The zero-order valence-corrected chi connectivity index (χ0v) is 12.6. The number of nitrogens with two attached hydrogens (primary N) is 1. The first-order valence-electron chi connectivity index (χ1n) is 7.29. The van der Waals surface area contributed by atoms with Gasteiger partial charge < -0.3 is 5.73 Å². The number of aryl methyl sites for hydroxylation is 1. The van der Waals surface area contributed by atoms with Crippen LogP contribution in [0.3, 0.4) is 0 Å². The third-order valence-electron chi connectivity index (χ3n) is 4.12. The molecule has 1 unspecified atom stereocenters. The van der Waals surface area contributed by atoms with E-state index < -0.39 is 0 Å². The highest BCUT2D eigenvalue weighted by Gasteiger charge is 2.21. The Morgan fingerprint density at radius 1 is 1.30 bits per heavy atom. The third kappa shape index (κ3) is 3.19. The number of hydrogen-bond donors (Lipinski definition) is 1. The smallest absolute Gasteiger partial charge is 0.248 e. The summed E-state index contributed by atoms with van der Waals surface area (Å²) in [5.74, 6) is 0.185. The van der Waals surface area contributed by atoms with Crippen molar-refractivity contribution in [1.29, 1.82) is 0 Å². The quantitative estimate of drug-likeness (QED) is 0.890. The molecule has 106 valence electrons. The van der Waals surface area contributed by atoms with Gasteiger partial charge >= 0.3 is 0 Å². The van der Waals surface area contributed by atoms with Gasteiger partial charge in [0.25, 0.3) is 0 Å². The van der Waals surface area contributed by atoms with Crippen molar-refractivity contribution in [3.63, 3.8) is 0 Å². The number of carbonyl (C=O) groups is 1. The third-order valence-corrected chi connectivity index (χ3v) is 4.12. The molecule has 0 aromatic heterocycles. The second-order valence-corrected chi connectivity index (χ2v) is 5.72. The van der Waals surface area contributed by atoms with Gasteiger partial charge in [0.1, 0.15) is 0 Å². The minimum absolute atomic E-state index is 0.296. The summed E-state index contributed by atoms with van der Waals surface area (Å²) in [7, 11) is 0. The summed E-state index contributed by atoms with van der Waals surface area (Å²) in [6.07, 6.45) is 4.77. The van der Waals surface area contributed by atoms with Gasteiger partial charge in [-0.05, 0) is 43.7 Å². The number of allylic oxidation sites excluding steroid dienone is 2. The first kappa shape index (κ1) is 14.6. The predicted octanol–water partition coefficient (Wildman–Crippen LogP) is 3.70. The van der Waals surface area contributed by atoms with Crippen molar-refractivity contribution < 1.29 is 4.79 Å². The highest BCUT2D eigenvalue weighted by atomic mass is 16.1. The maximum absolute atomic E-state index is 11.6. The van der Waals surface area contributed by atoms with Crippen LogP contribution in [0.4, 0.5) is 0 Å². The molecule has 0 spiro atoms. The fourth-order valence-corrected chi connectivity index (χ4v) is 2.79. The molecule has 1 atom stereocenters. The average Bonchev–Trinajstić information content (AvgIpc) is 2.42. The minimum atomic E-state index is -0.296. The Balaban J connectivity index is 2.28. The molecule has 1 aliphatic carbocycles. The van der Waals surface area contributed by atoms with E-state index in [1.807, 2.05) is 6.08 Å². The van der Waals surface area contributed by atoms with Crippen LogP contribution in [-0.4, -0.2) is 5.91 Å². The van der Waals surface area contributed by atoms with E-state index in [1.54, 1.807) is 0 Å². The standard InChI is InChI=1S/C18H23NO/c1-4-15-9-13(3)16(11-17(15)18(19)20)10-14-7-5-12(2)6-8-14/h5-8,11,13H,4,9-10H2,1-3H3,(H2,19,20). The molecule has 20 heavy (non-hydrogen) atoms. The molecule has 0 heterocycles. The number of benzene rings is 1. The summed E-state index contributed by atoms with van der Waals surface area (Å²) in [5.41, 5.74) is 11.3. The molecule has 2 rings (SSSR count). The Kier molecular flexibility index (Phi) is 4.43. The van der Waals surface area contributed by atoms with Gasteiger partial charge in [-0.15, -0.1) is 0 Å². The van der Waals surface area contributed by atoms with Gasteiger partial charge in [-0.2, -0.15) is 0 Å². The van der Waals surface area contributed by atoms with E-state index >= 15 is 0 Å². The molecule has 0 radical (unpaired) electrons. The van der Waals surface area contributed by atoms with Crippen LogP contribution in [0.2, 0.25) is 0 Å². The summed E-state index contributed by atoms with van der Waals surface area (Å²) < 4.78 is 0. The zero-order chi connectivity index (χ0) is 14.7. The van der Waals surface area contributed by atoms with Crippen molar-refractivity contribution in [3.05, 3.63) is 58.2 Å². The molecular formula is C18H23NO. The lowest BCUT2D eigenvalue weighted by molar-refractivity contribution is -0.114. The van der Waals surface area contributed by atoms with Crippen LogP contribution in [0.15, 0.2) is 47.1 Å². The monoisotopic (exact) mass is 269 g/mol. The first-order chi connectivity index (χ1) is 9.51. The van der Waals surface area contributed by atoms with Gasteiger partial charge in [-0.3, -0.25) is 4.79 Å². The van der Waals surface area contributed by atoms with E-state index in [-0.39, 0.29) is 5.91 Å². The molecule has 0 saturated carbocycles.